The van der Waals surface area contributed by atoms with E-state index in [2.05, 4.69) is 10.3 Å². The first-order valence-corrected chi connectivity index (χ1v) is 10.4. The summed E-state index contributed by atoms with van der Waals surface area (Å²) in [5.74, 6) is -0.0948. The Morgan fingerprint density at radius 1 is 0.935 bits per heavy atom. The third kappa shape index (κ3) is 3.63. The normalized spacial score (nSPS) is 19.4. The number of aromatic nitrogens is 2. The number of piperidine rings is 1. The zero-order valence-electron chi connectivity index (χ0n) is 16.9. The van der Waals surface area contributed by atoms with Crippen molar-refractivity contribution in [3.8, 4) is 0 Å². The number of benzene rings is 1. The van der Waals surface area contributed by atoms with Crippen LogP contribution in [0.3, 0.4) is 0 Å². The Balaban J connectivity index is 1.39. The highest BCUT2D eigenvalue weighted by Crippen LogP contribution is 2.35. The lowest BCUT2D eigenvalue weighted by Gasteiger charge is -2.42. The van der Waals surface area contributed by atoms with E-state index in [0.717, 1.165) is 12.1 Å². The first kappa shape index (κ1) is 19.2. The molecule has 7 heteroatoms. The van der Waals surface area contributed by atoms with E-state index >= 15 is 0 Å². The van der Waals surface area contributed by atoms with Gasteiger partial charge in [0, 0.05) is 43.0 Å². The molecule has 2 bridgehead atoms. The highest BCUT2D eigenvalue weighted by molar-refractivity contribution is 6.04. The molecule has 156 valence electrons. The molecule has 2 amide bonds. The summed E-state index contributed by atoms with van der Waals surface area (Å²) >= 11 is 0. The minimum atomic E-state index is -0.304. The van der Waals surface area contributed by atoms with Gasteiger partial charge in [0.05, 0.1) is 0 Å². The van der Waals surface area contributed by atoms with Crippen LogP contribution < -0.4 is 10.9 Å². The van der Waals surface area contributed by atoms with Gasteiger partial charge in [0.15, 0.2) is 0 Å². The van der Waals surface area contributed by atoms with E-state index in [1.807, 2.05) is 23.1 Å². The van der Waals surface area contributed by atoms with Crippen molar-refractivity contribution in [2.45, 2.75) is 18.9 Å². The number of nitrogens with zero attached hydrogens (tertiary/aromatic N) is 3. The number of hydrogen-bond donors (Lipinski definition) is 1. The fourth-order valence-electron chi connectivity index (χ4n) is 4.64. The number of nitrogens with one attached hydrogen (secondary N) is 1. The summed E-state index contributed by atoms with van der Waals surface area (Å²) in [6, 6.07) is 17.7. The second-order valence-electron chi connectivity index (χ2n) is 8.13. The molecule has 31 heavy (non-hydrogen) atoms. The smallest absolute Gasteiger partial charge is 0.274 e. The van der Waals surface area contributed by atoms with Crippen LogP contribution in [0.4, 0.5) is 5.69 Å². The highest BCUT2D eigenvalue weighted by Gasteiger charge is 2.37. The molecular formula is C24H22N4O3. The number of likely N-dealkylation sites (tertiary alicyclic amines) is 1. The molecule has 0 aliphatic carbocycles. The van der Waals surface area contributed by atoms with E-state index in [9.17, 15) is 14.4 Å². The zero-order chi connectivity index (χ0) is 21.4. The van der Waals surface area contributed by atoms with Crippen molar-refractivity contribution in [3.63, 3.8) is 0 Å². The van der Waals surface area contributed by atoms with Gasteiger partial charge < -0.3 is 14.8 Å². The van der Waals surface area contributed by atoms with E-state index in [1.165, 1.54) is 0 Å². The Bertz CT molecular complexity index is 1190. The summed E-state index contributed by atoms with van der Waals surface area (Å²) in [4.78, 5) is 44.5. The van der Waals surface area contributed by atoms with E-state index in [1.54, 1.807) is 53.2 Å². The van der Waals surface area contributed by atoms with Crippen molar-refractivity contribution in [3.05, 3.63) is 94.2 Å². The van der Waals surface area contributed by atoms with Crippen LogP contribution in [0.25, 0.3) is 0 Å². The second kappa shape index (κ2) is 7.83. The molecule has 1 N–H and O–H groups in total. The lowest BCUT2D eigenvalue weighted by atomic mass is 9.83. The standard InChI is InChI=1S/C24H22N4O3/c29-22(17-6-2-1-3-7-17)26-20-9-10-21-18-12-16(14-28(21)24(20)31)13-27(15-18)23(30)19-8-4-5-11-25-19/h1-11,16,18H,12-15H2,(H,26,29). The molecule has 4 heterocycles. The Kier molecular flexibility index (Phi) is 4.86. The predicted molar refractivity (Wildman–Crippen MR) is 116 cm³/mol. The Hall–Kier alpha value is -3.74. The SMILES string of the molecule is O=C(Nc1ccc2n(c1=O)CC1CC2CN(C(=O)c2ccccn2)C1)c1ccccc1. The van der Waals surface area contributed by atoms with Crippen LogP contribution in [0.2, 0.25) is 0 Å². The molecule has 2 aliphatic rings. The van der Waals surface area contributed by atoms with E-state index in [0.29, 0.717) is 30.9 Å². The maximum atomic E-state index is 13.1. The quantitative estimate of drug-likeness (QED) is 0.714. The van der Waals surface area contributed by atoms with E-state index in [-0.39, 0.29) is 34.9 Å². The average Bonchev–Trinajstić information content (AvgIpc) is 2.81. The van der Waals surface area contributed by atoms with Gasteiger partial charge in [-0.15, -0.1) is 0 Å². The summed E-state index contributed by atoms with van der Waals surface area (Å²) in [5.41, 5.74) is 1.95. The molecule has 5 rings (SSSR count). The van der Waals surface area contributed by atoms with Crippen LogP contribution >= 0.6 is 0 Å². The molecule has 2 aromatic heterocycles. The van der Waals surface area contributed by atoms with Gasteiger partial charge in [-0.1, -0.05) is 24.3 Å². The monoisotopic (exact) mass is 414 g/mol. The molecule has 3 aromatic rings. The van der Waals surface area contributed by atoms with Gasteiger partial charge in [0.25, 0.3) is 17.4 Å². The maximum absolute atomic E-state index is 13.1. The zero-order valence-corrected chi connectivity index (χ0v) is 16.9. The lowest BCUT2D eigenvalue weighted by molar-refractivity contribution is 0.0588. The molecule has 0 saturated carbocycles. The number of rotatable bonds is 3. The van der Waals surface area contributed by atoms with Crippen molar-refractivity contribution in [2.24, 2.45) is 5.92 Å². The van der Waals surface area contributed by atoms with Crippen molar-refractivity contribution in [2.75, 3.05) is 18.4 Å². The number of amides is 2. The molecule has 2 aliphatic heterocycles. The summed E-state index contributed by atoms with van der Waals surface area (Å²) in [5, 5.41) is 2.75. The topological polar surface area (TPSA) is 84.3 Å². The number of fused-ring (bicyclic) bond motifs is 4. The second-order valence-corrected chi connectivity index (χ2v) is 8.13. The molecule has 1 fully saturated rings. The number of carbonyl (C=O) groups excluding carboxylic acids is 2. The third-order valence-corrected chi connectivity index (χ3v) is 6.06. The molecule has 0 radical (unpaired) electrons. The largest absolute Gasteiger partial charge is 0.336 e. The van der Waals surface area contributed by atoms with E-state index < -0.39 is 0 Å². The summed E-state index contributed by atoms with van der Waals surface area (Å²) in [6.45, 7) is 1.69. The molecule has 0 spiro atoms. The third-order valence-electron chi connectivity index (χ3n) is 6.06. The van der Waals surface area contributed by atoms with Gasteiger partial charge in [-0.2, -0.15) is 0 Å². The molecule has 7 nitrogen and oxygen atoms in total. The first-order valence-electron chi connectivity index (χ1n) is 10.4. The number of anilines is 1. The highest BCUT2D eigenvalue weighted by atomic mass is 16.2. The van der Waals surface area contributed by atoms with Crippen LogP contribution in [0, 0.1) is 5.92 Å². The van der Waals surface area contributed by atoms with Crippen LogP contribution in [0.1, 0.15) is 38.9 Å². The molecule has 1 aromatic carbocycles. The fraction of sp³-hybridized carbons (Fsp3) is 0.250. The fourth-order valence-corrected chi connectivity index (χ4v) is 4.64. The average molecular weight is 414 g/mol. The Morgan fingerprint density at radius 2 is 1.74 bits per heavy atom. The van der Waals surface area contributed by atoms with Crippen molar-refractivity contribution < 1.29 is 9.59 Å². The van der Waals surface area contributed by atoms with Gasteiger partial charge in [-0.3, -0.25) is 19.4 Å². The van der Waals surface area contributed by atoms with Gasteiger partial charge >= 0.3 is 0 Å². The van der Waals surface area contributed by atoms with E-state index in [4.69, 9.17) is 0 Å². The number of hydrogen-bond acceptors (Lipinski definition) is 4. The first-order chi connectivity index (χ1) is 15.1. The van der Waals surface area contributed by atoms with Crippen LogP contribution in [-0.4, -0.2) is 39.4 Å². The molecule has 2 atom stereocenters. The van der Waals surface area contributed by atoms with Gasteiger partial charge in [-0.05, 0) is 48.7 Å². The van der Waals surface area contributed by atoms with Crippen LogP contribution in [-0.2, 0) is 6.54 Å². The van der Waals surface area contributed by atoms with Crippen LogP contribution in [0.15, 0.2) is 71.7 Å². The molecule has 1 saturated heterocycles. The minimum Gasteiger partial charge on any atom is -0.336 e. The summed E-state index contributed by atoms with van der Waals surface area (Å²) < 4.78 is 1.77. The minimum absolute atomic E-state index is 0.0714. The molecule has 2 unspecified atom stereocenters. The predicted octanol–water partition coefficient (Wildman–Crippen LogP) is 2.76. The number of pyridine rings is 2. The molecular weight excluding hydrogens is 392 g/mol. The van der Waals surface area contributed by atoms with Crippen molar-refractivity contribution in [1.29, 1.82) is 0 Å². The Labute approximate surface area is 179 Å². The number of carbonyl (C=O) groups is 2. The Morgan fingerprint density at radius 3 is 2.52 bits per heavy atom. The van der Waals surface area contributed by atoms with Crippen molar-refractivity contribution in [1.82, 2.24) is 14.5 Å². The van der Waals surface area contributed by atoms with Gasteiger partial charge in [0.1, 0.15) is 11.4 Å². The van der Waals surface area contributed by atoms with Crippen molar-refractivity contribution >= 4 is 17.5 Å². The maximum Gasteiger partial charge on any atom is 0.274 e. The summed E-state index contributed by atoms with van der Waals surface area (Å²) in [6.07, 6.45) is 2.57. The lowest BCUT2D eigenvalue weighted by Crippen LogP contribution is -2.49. The van der Waals surface area contributed by atoms with Crippen LogP contribution in [0.5, 0.6) is 0 Å². The van der Waals surface area contributed by atoms with Gasteiger partial charge in [-0.25, -0.2) is 0 Å². The summed E-state index contributed by atoms with van der Waals surface area (Å²) in [7, 11) is 0. The van der Waals surface area contributed by atoms with Gasteiger partial charge in [0.2, 0.25) is 0 Å².